The average molecular weight is 2090 g/mol. The molecule has 33 nitrogen and oxygen atoms in total. The molecule has 12 aromatic carbocycles. The van der Waals surface area contributed by atoms with Gasteiger partial charge < -0.3 is 111 Å². The van der Waals surface area contributed by atoms with Crippen molar-refractivity contribution in [1.29, 1.82) is 0 Å². The van der Waals surface area contributed by atoms with Gasteiger partial charge in [0.15, 0.2) is 30.3 Å². The van der Waals surface area contributed by atoms with Crippen LogP contribution in [0.25, 0.3) is 22.5 Å². The molecule has 2 aromatic heterocycles. The summed E-state index contributed by atoms with van der Waals surface area (Å²) in [4.78, 5) is 117. The van der Waals surface area contributed by atoms with E-state index in [0.29, 0.717) is 82.5 Å². The number of carboxylic acids is 2. The number of phenols is 1. The van der Waals surface area contributed by atoms with Gasteiger partial charge in [0.2, 0.25) is 5.78 Å². The number of imidazole rings is 2. The maximum absolute atomic E-state index is 12.6. The van der Waals surface area contributed by atoms with E-state index in [4.69, 9.17) is 68.8 Å². The van der Waals surface area contributed by atoms with Crippen LogP contribution in [0.2, 0.25) is 0 Å². The van der Waals surface area contributed by atoms with Crippen molar-refractivity contribution in [3.05, 3.63) is 413 Å². The molecule has 2 heterocycles. The van der Waals surface area contributed by atoms with Gasteiger partial charge in [-0.25, -0.2) is 33.9 Å². The molecule has 36 heteroatoms. The van der Waals surface area contributed by atoms with Gasteiger partial charge in [-0.3, -0.25) is 19.2 Å². The summed E-state index contributed by atoms with van der Waals surface area (Å²) in [5, 5.41) is 69.4. The lowest BCUT2D eigenvalue weighted by Crippen LogP contribution is -2.45. The number of rotatable bonds is 36. The maximum Gasteiger partial charge on any atom is 0.408 e. The van der Waals surface area contributed by atoms with E-state index in [0.717, 1.165) is 51.4 Å². The lowest BCUT2D eigenvalue weighted by molar-refractivity contribution is -0.146. The predicted molar refractivity (Wildman–Crippen MR) is 543 cm³/mol. The van der Waals surface area contributed by atoms with Crippen molar-refractivity contribution < 1.29 is 117 Å². The number of ether oxygens (including phenoxy) is 8. The first-order chi connectivity index (χ1) is 67.9. The molecule has 4 atom stereocenters. The molecule has 0 bridgehead atoms. The number of aromatic hydroxyl groups is 1. The zero-order chi connectivity index (χ0) is 101. The number of aromatic nitrogens is 4. The van der Waals surface area contributed by atoms with Gasteiger partial charge in [-0.05, 0) is 113 Å². The van der Waals surface area contributed by atoms with Crippen molar-refractivity contribution in [2.75, 3.05) is 33.0 Å². The third-order valence-corrected chi connectivity index (χ3v) is 19.1. The van der Waals surface area contributed by atoms with Crippen molar-refractivity contribution >= 4 is 94.2 Å². The minimum Gasteiger partial charge on any atom is -0.507 e. The van der Waals surface area contributed by atoms with Crippen molar-refractivity contribution in [1.82, 2.24) is 42.0 Å². The SMILES string of the molecule is BrBr.CC(=O)O.CC(=O)c1ccccc1OCc1ccccc1.CC(=O)c1ccccc1OCc1ccccc1.Cl.N.N[C@@H](CO)c1ncc(-c2ccccc2O)[nH]1.O=C(N[C@@H](CO)C(=O)O)OCc1ccccc1.O=C(N[C@@H](CO)C(=O)OCC(=O)c1ccccc1OCc1ccccc1)OCc1ccccc1.O=C(N[C@@H](CO)c1ncc(-c2ccccc2OCc2ccccc2)[nH]1)OCc1ccccc1. The molecule has 746 valence electrons. The number of hydrogen-bond donors (Lipinski definition) is 14. The van der Waals surface area contributed by atoms with Crippen molar-refractivity contribution in [3.63, 3.8) is 0 Å². The number of esters is 1. The van der Waals surface area contributed by atoms with Crippen LogP contribution in [0.4, 0.5) is 14.4 Å². The Balaban J connectivity index is 0.000000305. The highest BCUT2D eigenvalue weighted by Gasteiger charge is 2.26. The van der Waals surface area contributed by atoms with Crippen LogP contribution in [-0.2, 0) is 79.6 Å². The molecule has 14 aromatic rings. The second-order valence-corrected chi connectivity index (χ2v) is 29.6. The van der Waals surface area contributed by atoms with Crippen LogP contribution in [0.15, 0.2) is 346 Å². The van der Waals surface area contributed by atoms with Crippen LogP contribution in [-0.4, -0.2) is 154 Å². The predicted octanol–water partition coefficient (Wildman–Crippen LogP) is 18.3. The Hall–Kier alpha value is -15.7. The molecule has 0 radical (unpaired) electrons. The topological polar surface area (TPSA) is 524 Å². The number of aliphatic hydroxyl groups excluding tert-OH is 4. The number of nitrogens with zero attached hydrogens (tertiary/aromatic N) is 2. The fraction of sp³-hybridized carbons (Fsp3) is 0.179. The number of ketones is 3. The fourth-order valence-electron chi connectivity index (χ4n) is 12.0. The van der Waals surface area contributed by atoms with Gasteiger partial charge in [0, 0.05) is 46.3 Å². The van der Waals surface area contributed by atoms with E-state index < -0.39 is 86.0 Å². The molecule has 0 saturated heterocycles. The largest absolute Gasteiger partial charge is 0.507 e. The molecule has 0 aliphatic heterocycles. The summed E-state index contributed by atoms with van der Waals surface area (Å²) in [6.45, 7) is 3.53. The van der Waals surface area contributed by atoms with Gasteiger partial charge in [0.1, 0.15) is 92.7 Å². The second kappa shape index (κ2) is 66.8. The quantitative estimate of drug-likeness (QED) is 0.00985. The van der Waals surface area contributed by atoms with E-state index in [-0.39, 0.29) is 81.1 Å². The Kier molecular flexibility index (Phi) is 54.9. The molecule has 0 aliphatic carbocycles. The summed E-state index contributed by atoms with van der Waals surface area (Å²) < 4.78 is 43.2. The summed E-state index contributed by atoms with van der Waals surface area (Å²) >= 11 is 5.50. The molecule has 0 unspecified atom stereocenters. The van der Waals surface area contributed by atoms with Gasteiger partial charge in [0.05, 0.1) is 72.9 Å². The Morgan fingerprint density at radius 2 is 0.641 bits per heavy atom. The van der Waals surface area contributed by atoms with E-state index in [1.807, 2.05) is 236 Å². The number of nitrogens with two attached hydrogens (primary N) is 1. The maximum atomic E-state index is 12.6. The van der Waals surface area contributed by atoms with Crippen LogP contribution in [0, 0.1) is 0 Å². The summed E-state index contributed by atoms with van der Waals surface area (Å²) in [5.74, 6) is -0.117. The number of aliphatic hydroxyl groups is 4. The number of benzene rings is 12. The first-order valence-corrected chi connectivity index (χ1v) is 46.9. The number of nitrogens with one attached hydrogen (secondary N) is 5. The van der Waals surface area contributed by atoms with Crippen LogP contribution >= 0.6 is 40.7 Å². The number of halogens is 3. The number of aromatic amines is 2. The number of alkyl carbamates (subject to hydrolysis) is 3. The first-order valence-electron chi connectivity index (χ1n) is 43.2. The number of hydrogen-bond acceptors (Lipinski definition) is 26. The summed E-state index contributed by atoms with van der Waals surface area (Å²) in [5.41, 5.74) is 16.6. The smallest absolute Gasteiger partial charge is 0.408 e. The normalized spacial score (nSPS) is 10.8. The van der Waals surface area contributed by atoms with Gasteiger partial charge >= 0.3 is 30.2 Å². The van der Waals surface area contributed by atoms with Gasteiger partial charge in [-0.1, -0.05) is 273 Å². The Bertz CT molecular complexity index is 5970. The number of phenolic OH excluding ortho intramolecular Hbond substituents is 1. The van der Waals surface area contributed by atoms with Crippen LogP contribution in [0.1, 0.15) is 115 Å². The minimum atomic E-state index is -1.37. The van der Waals surface area contributed by atoms with Crippen LogP contribution in [0.3, 0.4) is 0 Å². The Labute approximate surface area is 842 Å². The number of carboxylic acid groups (broad SMARTS) is 2. The molecule has 0 spiro atoms. The third-order valence-electron chi connectivity index (χ3n) is 19.1. The van der Waals surface area contributed by atoms with E-state index in [2.05, 4.69) is 58.8 Å². The third kappa shape index (κ3) is 43.1. The molecule has 0 aliphatic rings. The van der Waals surface area contributed by atoms with E-state index in [1.165, 1.54) is 0 Å². The summed E-state index contributed by atoms with van der Waals surface area (Å²) in [7, 11) is 0. The van der Waals surface area contributed by atoms with Gasteiger partial charge in [0.25, 0.3) is 5.97 Å². The fourth-order valence-corrected chi connectivity index (χ4v) is 12.0. The zero-order valence-corrected chi connectivity index (χ0v) is 81.6. The molecular weight excluding hydrogens is 1980 g/mol. The zero-order valence-electron chi connectivity index (χ0n) is 77.6. The number of carbonyl (C=O) groups is 9. The standard InChI is InChI=1S/C26H25N3O4.C26H25NO7.2C15H14O2.C11H13N3O2.C11H13NO5.C2H4O2.Br2.ClH.H3N/c30-16-23(29-26(31)33-18-20-11-5-2-6-12-20)25-27-15-22(28-25)21-13-7-8-14-24(21)32-17-19-9-3-1-4-10-19;28-15-22(27-26(31)34-17-20-11-5-2-6-12-20)25(30)33-18-23(29)21-13-7-8-14-24(21)32-16-19-9-3-1-4-10-19;2*1-12(16)14-9-5-6-10-15(14)17-11-13-7-3-2-4-8-13;12-8(6-15)11-13-5-9(14-11)7-3-1-2-4-10(7)16;13-6-9(10(14)15)12-11(16)17-7-8-4-2-1-3-5-8;1-2(3)4;1-2;;/h1-15,23,30H,16-18H2,(H,27,28)(H,29,31);1-14,22,28H,15-18H2,(H,27,31);2*2-10H,11H2,1H3;1-5,8,15-16H,6,12H2,(H,13,14);1-5,9,13H,6-7H2,(H,12,16)(H,14,15);1H3,(H,3,4);;1H;1H3/t23-;22-;;;8-;9-;;;;/m00..00..../s1. The highest BCUT2D eigenvalue weighted by atomic mass is 80.9. The summed E-state index contributed by atoms with van der Waals surface area (Å²) in [6.07, 6.45) is 0.822. The molecule has 14 rings (SSSR count). The first kappa shape index (κ1) is 117. The minimum absolute atomic E-state index is 0. The van der Waals surface area contributed by atoms with Crippen LogP contribution in [0.5, 0.6) is 28.7 Å². The molecule has 17 N–H and O–H groups in total. The lowest BCUT2D eigenvalue weighted by atomic mass is 10.1. The van der Waals surface area contributed by atoms with Crippen molar-refractivity contribution in [2.45, 2.75) is 91.2 Å². The van der Waals surface area contributed by atoms with Crippen molar-refractivity contribution in [3.8, 4) is 51.3 Å². The van der Waals surface area contributed by atoms with Crippen molar-refractivity contribution in [2.24, 2.45) is 5.73 Å². The van der Waals surface area contributed by atoms with Gasteiger partial charge in [-0.2, -0.15) is 0 Å². The second-order valence-electron chi connectivity index (χ2n) is 29.6. The highest BCUT2D eigenvalue weighted by molar-refractivity contribution is 9.93. The van der Waals surface area contributed by atoms with E-state index in [1.54, 1.807) is 129 Å². The number of carbonyl (C=O) groups excluding carboxylic acids is 7. The molecule has 142 heavy (non-hydrogen) atoms. The summed E-state index contributed by atoms with van der Waals surface area (Å²) in [6, 6.07) is 98.3. The molecule has 0 fully saturated rings. The highest BCUT2D eigenvalue weighted by Crippen LogP contribution is 2.32. The number of H-pyrrole nitrogens is 2. The molecular formula is C106H112Br2ClN9O24. The number of aliphatic carboxylic acids is 2. The number of para-hydroxylation sites is 5. The molecule has 3 amide bonds. The Morgan fingerprint density at radius 1 is 0.352 bits per heavy atom. The number of amides is 3. The van der Waals surface area contributed by atoms with E-state index >= 15 is 0 Å². The monoisotopic (exact) mass is 2090 g/mol. The van der Waals surface area contributed by atoms with Crippen LogP contribution < -0.4 is 46.8 Å². The Morgan fingerprint density at radius 3 is 0.993 bits per heavy atom. The van der Waals surface area contributed by atoms with E-state index in [9.17, 15) is 53.7 Å². The molecule has 0 saturated carbocycles. The lowest BCUT2D eigenvalue weighted by Gasteiger charge is -2.16. The average Bonchev–Trinajstić information content (AvgIpc) is 1.66. The number of Topliss-reactive ketones (excluding diaryl/α,β-unsaturated/α-hetero) is 3. The van der Waals surface area contributed by atoms with Gasteiger partial charge in [-0.15, -0.1) is 12.4 Å².